The summed E-state index contributed by atoms with van der Waals surface area (Å²) in [5.74, 6) is 0. The first-order chi connectivity index (χ1) is 21.3. The van der Waals surface area contributed by atoms with Crippen molar-refractivity contribution in [2.75, 3.05) is 0 Å². The van der Waals surface area contributed by atoms with Crippen LogP contribution in [-0.2, 0) is 0 Å². The van der Waals surface area contributed by atoms with E-state index >= 15 is 0 Å². The molecule has 202 valence electrons. The lowest BCUT2D eigenvalue weighted by Crippen LogP contribution is -1.94. The van der Waals surface area contributed by atoms with E-state index in [2.05, 4.69) is 168 Å². The third kappa shape index (κ3) is 4.60. The van der Waals surface area contributed by atoms with Gasteiger partial charge in [0.25, 0.3) is 0 Å². The first-order valence-corrected chi connectivity index (χ1v) is 14.6. The van der Waals surface area contributed by atoms with E-state index in [1.807, 2.05) is 6.20 Å². The van der Waals surface area contributed by atoms with E-state index in [4.69, 9.17) is 4.98 Å². The third-order valence-corrected chi connectivity index (χ3v) is 8.28. The molecule has 2 nitrogen and oxygen atoms in total. The largest absolute Gasteiger partial charge is 0.309 e. The molecule has 43 heavy (non-hydrogen) atoms. The van der Waals surface area contributed by atoms with Crippen LogP contribution in [0.3, 0.4) is 0 Å². The second kappa shape index (κ2) is 10.6. The van der Waals surface area contributed by atoms with E-state index in [-0.39, 0.29) is 0 Å². The van der Waals surface area contributed by atoms with Crippen LogP contribution in [-0.4, -0.2) is 9.55 Å². The van der Waals surface area contributed by atoms with Gasteiger partial charge in [-0.2, -0.15) is 0 Å². The van der Waals surface area contributed by atoms with Crippen molar-refractivity contribution in [3.05, 3.63) is 170 Å². The maximum Gasteiger partial charge on any atom is 0.0708 e. The van der Waals surface area contributed by atoms with Crippen molar-refractivity contribution >= 4 is 21.8 Å². The summed E-state index contributed by atoms with van der Waals surface area (Å²) >= 11 is 0. The molecule has 0 spiro atoms. The minimum absolute atomic E-state index is 0.962. The molecule has 0 aliphatic heterocycles. The van der Waals surface area contributed by atoms with E-state index in [9.17, 15) is 0 Å². The normalized spacial score (nSPS) is 11.3. The van der Waals surface area contributed by atoms with Gasteiger partial charge in [-0.3, -0.25) is 4.98 Å². The molecule has 0 atom stereocenters. The van der Waals surface area contributed by atoms with Gasteiger partial charge in [-0.1, -0.05) is 121 Å². The van der Waals surface area contributed by atoms with Gasteiger partial charge in [0.15, 0.2) is 0 Å². The molecule has 0 aliphatic carbocycles. The van der Waals surface area contributed by atoms with Gasteiger partial charge in [-0.15, -0.1) is 0 Å². The molecule has 0 N–H and O–H groups in total. The van der Waals surface area contributed by atoms with E-state index in [1.54, 1.807) is 0 Å². The predicted molar refractivity (Wildman–Crippen MR) is 180 cm³/mol. The van der Waals surface area contributed by atoms with Gasteiger partial charge < -0.3 is 4.57 Å². The molecule has 0 saturated heterocycles. The van der Waals surface area contributed by atoms with Crippen molar-refractivity contribution < 1.29 is 0 Å². The second-order valence-electron chi connectivity index (χ2n) is 10.9. The molecule has 8 aromatic rings. The van der Waals surface area contributed by atoms with Crippen LogP contribution in [0.1, 0.15) is 0 Å². The zero-order valence-corrected chi connectivity index (χ0v) is 23.6. The molecule has 2 heteroatoms. The fourth-order valence-electron chi connectivity index (χ4n) is 6.11. The number of aromatic nitrogens is 2. The van der Waals surface area contributed by atoms with Gasteiger partial charge in [0, 0.05) is 28.2 Å². The Balaban J connectivity index is 1.10. The van der Waals surface area contributed by atoms with Gasteiger partial charge in [0.2, 0.25) is 0 Å². The number of rotatable bonds is 5. The van der Waals surface area contributed by atoms with E-state index in [1.165, 1.54) is 49.6 Å². The average molecular weight is 549 g/mol. The number of fused-ring (bicyclic) bond motifs is 3. The smallest absolute Gasteiger partial charge is 0.0708 e. The van der Waals surface area contributed by atoms with Crippen LogP contribution < -0.4 is 0 Å². The monoisotopic (exact) mass is 548 g/mol. The summed E-state index contributed by atoms with van der Waals surface area (Å²) in [6, 6.07) is 58.3. The minimum atomic E-state index is 0.962. The molecule has 0 fully saturated rings. The minimum Gasteiger partial charge on any atom is -0.309 e. The number of hydrogen-bond donors (Lipinski definition) is 0. The lowest BCUT2D eigenvalue weighted by molar-refractivity contribution is 1.18. The van der Waals surface area contributed by atoms with Crippen molar-refractivity contribution in [3.63, 3.8) is 0 Å². The van der Waals surface area contributed by atoms with Crippen LogP contribution in [0.15, 0.2) is 170 Å². The maximum atomic E-state index is 4.74. The van der Waals surface area contributed by atoms with Crippen LogP contribution >= 0.6 is 0 Å². The molecule has 0 radical (unpaired) electrons. The molecule has 2 aromatic heterocycles. The fraction of sp³-hybridized carbons (Fsp3) is 0. The van der Waals surface area contributed by atoms with Crippen LogP contribution in [0.2, 0.25) is 0 Å². The third-order valence-electron chi connectivity index (χ3n) is 8.28. The Labute approximate surface area is 251 Å². The molecule has 8 rings (SSSR count). The summed E-state index contributed by atoms with van der Waals surface area (Å²) in [6.07, 6.45) is 1.91. The van der Waals surface area contributed by atoms with Crippen LogP contribution in [0, 0.1) is 0 Å². The Bertz CT molecular complexity index is 2150. The molecule has 0 aliphatic rings. The summed E-state index contributed by atoms with van der Waals surface area (Å²) in [7, 11) is 0. The number of hydrogen-bond acceptors (Lipinski definition) is 1. The highest BCUT2D eigenvalue weighted by atomic mass is 15.0. The maximum absolute atomic E-state index is 4.74. The topological polar surface area (TPSA) is 17.8 Å². The Morgan fingerprint density at radius 3 is 1.51 bits per heavy atom. The molecule has 0 bridgehead atoms. The predicted octanol–water partition coefficient (Wildman–Crippen LogP) is 10.8. The van der Waals surface area contributed by atoms with Crippen molar-refractivity contribution in [2.24, 2.45) is 0 Å². The summed E-state index contributed by atoms with van der Waals surface area (Å²) in [5, 5.41) is 2.54. The standard InChI is InChI=1S/C41H28N2/c1-2-9-29(10-3-1)30-17-19-31(20-18-30)33-11-8-12-34(27-33)35-25-26-42-39(28-35)32-21-23-36(24-22-32)43-40-15-6-4-13-37(40)38-14-5-7-16-41(38)43/h1-28H. The van der Waals surface area contributed by atoms with Crippen molar-refractivity contribution in [3.8, 4) is 50.3 Å². The van der Waals surface area contributed by atoms with Gasteiger partial charge in [0.05, 0.1) is 16.7 Å². The number of para-hydroxylation sites is 2. The first kappa shape index (κ1) is 25.0. The van der Waals surface area contributed by atoms with E-state index < -0.39 is 0 Å². The lowest BCUT2D eigenvalue weighted by Gasteiger charge is -2.10. The quantitative estimate of drug-likeness (QED) is 0.209. The van der Waals surface area contributed by atoms with Gasteiger partial charge in [-0.05, 0) is 75.8 Å². The number of pyridine rings is 1. The molecule has 2 heterocycles. The Morgan fingerprint density at radius 2 is 0.837 bits per heavy atom. The number of nitrogens with zero attached hydrogens (tertiary/aromatic N) is 2. The van der Waals surface area contributed by atoms with Gasteiger partial charge in [0.1, 0.15) is 0 Å². The van der Waals surface area contributed by atoms with Crippen LogP contribution in [0.25, 0.3) is 72.1 Å². The van der Waals surface area contributed by atoms with E-state index in [0.29, 0.717) is 0 Å². The van der Waals surface area contributed by atoms with Gasteiger partial charge >= 0.3 is 0 Å². The van der Waals surface area contributed by atoms with Crippen molar-refractivity contribution in [1.82, 2.24) is 9.55 Å². The zero-order chi connectivity index (χ0) is 28.6. The summed E-state index contributed by atoms with van der Waals surface area (Å²) in [4.78, 5) is 4.74. The summed E-state index contributed by atoms with van der Waals surface area (Å²) in [6.45, 7) is 0. The Kier molecular flexibility index (Phi) is 6.16. The summed E-state index contributed by atoms with van der Waals surface area (Å²) in [5.41, 5.74) is 12.8. The molecule has 0 saturated carbocycles. The first-order valence-electron chi connectivity index (χ1n) is 14.6. The fourth-order valence-corrected chi connectivity index (χ4v) is 6.11. The SMILES string of the molecule is c1ccc(-c2ccc(-c3cccc(-c4ccnc(-c5ccc(-n6c7ccccc7c7ccccc76)cc5)c4)c3)cc2)cc1. The molecule has 0 amide bonds. The second-order valence-corrected chi connectivity index (χ2v) is 10.9. The highest BCUT2D eigenvalue weighted by molar-refractivity contribution is 6.09. The van der Waals surface area contributed by atoms with Crippen molar-refractivity contribution in [1.29, 1.82) is 0 Å². The molecular weight excluding hydrogens is 520 g/mol. The zero-order valence-electron chi connectivity index (χ0n) is 23.6. The highest BCUT2D eigenvalue weighted by Crippen LogP contribution is 2.33. The highest BCUT2D eigenvalue weighted by Gasteiger charge is 2.12. The Morgan fingerprint density at radius 1 is 0.349 bits per heavy atom. The van der Waals surface area contributed by atoms with E-state index in [0.717, 1.165) is 22.5 Å². The number of benzene rings is 6. The van der Waals surface area contributed by atoms with Gasteiger partial charge in [-0.25, -0.2) is 0 Å². The average Bonchev–Trinajstić information content (AvgIpc) is 3.43. The molecule has 6 aromatic carbocycles. The Hall–Kier alpha value is -5.73. The molecular formula is C41H28N2. The lowest BCUT2D eigenvalue weighted by atomic mass is 9.97. The summed E-state index contributed by atoms with van der Waals surface area (Å²) < 4.78 is 2.34. The molecule has 0 unspecified atom stereocenters. The van der Waals surface area contributed by atoms with Crippen molar-refractivity contribution in [2.45, 2.75) is 0 Å². The van der Waals surface area contributed by atoms with Crippen LogP contribution in [0.4, 0.5) is 0 Å². The van der Waals surface area contributed by atoms with Crippen LogP contribution in [0.5, 0.6) is 0 Å².